The SMILES string of the molecule is CC1=CC(C2CCN(C)CC2)=CN2C(=O)C=C(c3ccc4nn(C)cc4c3)PC12. The highest BCUT2D eigenvalue weighted by atomic mass is 31.1. The number of carbonyl (C=O) groups excluding carboxylic acids is 1. The maximum absolute atomic E-state index is 13.1. The van der Waals surface area contributed by atoms with Crippen LogP contribution in [-0.4, -0.2) is 51.4 Å². The maximum atomic E-state index is 13.1. The number of benzene rings is 1. The van der Waals surface area contributed by atoms with Crippen LogP contribution in [0.4, 0.5) is 0 Å². The van der Waals surface area contributed by atoms with Crippen molar-refractivity contribution in [2.24, 2.45) is 13.0 Å². The fourth-order valence-corrected chi connectivity index (χ4v) is 6.12. The first-order valence-electron chi connectivity index (χ1n) is 10.3. The van der Waals surface area contributed by atoms with E-state index in [-0.39, 0.29) is 11.7 Å². The molecule has 0 bridgehead atoms. The maximum Gasteiger partial charge on any atom is 0.252 e. The average molecular weight is 406 g/mol. The zero-order valence-corrected chi connectivity index (χ0v) is 18.2. The molecule has 0 N–H and O–H groups in total. The van der Waals surface area contributed by atoms with Crippen LogP contribution >= 0.6 is 8.58 Å². The molecule has 150 valence electrons. The fraction of sp³-hybridized carbons (Fsp3) is 0.391. The molecule has 5 nitrogen and oxygen atoms in total. The summed E-state index contributed by atoms with van der Waals surface area (Å²) in [6, 6.07) is 6.30. The van der Waals surface area contributed by atoms with E-state index in [0.29, 0.717) is 14.5 Å². The van der Waals surface area contributed by atoms with E-state index >= 15 is 0 Å². The second-order valence-corrected chi connectivity index (χ2v) is 9.90. The van der Waals surface area contributed by atoms with Gasteiger partial charge in [0.1, 0.15) is 0 Å². The van der Waals surface area contributed by atoms with E-state index in [9.17, 15) is 4.79 Å². The summed E-state index contributed by atoms with van der Waals surface area (Å²) in [7, 11) is 4.68. The lowest BCUT2D eigenvalue weighted by atomic mass is 9.87. The monoisotopic (exact) mass is 406 g/mol. The van der Waals surface area contributed by atoms with Crippen molar-refractivity contribution < 1.29 is 4.79 Å². The molecule has 5 rings (SSSR count). The number of aryl methyl sites for hydroxylation is 1. The van der Waals surface area contributed by atoms with Crippen molar-refractivity contribution in [2.45, 2.75) is 25.5 Å². The van der Waals surface area contributed by atoms with E-state index in [0.717, 1.165) is 34.9 Å². The van der Waals surface area contributed by atoms with Crippen LogP contribution in [0.25, 0.3) is 16.2 Å². The Kier molecular flexibility index (Phi) is 4.68. The highest BCUT2D eigenvalue weighted by molar-refractivity contribution is 7.51. The van der Waals surface area contributed by atoms with E-state index in [1.807, 2.05) is 28.9 Å². The van der Waals surface area contributed by atoms with Crippen molar-refractivity contribution in [1.29, 1.82) is 0 Å². The smallest absolute Gasteiger partial charge is 0.252 e. The first-order valence-corrected chi connectivity index (χ1v) is 11.4. The Hall–Kier alpha value is -2.23. The molecule has 3 aliphatic rings. The molecule has 1 fully saturated rings. The first kappa shape index (κ1) is 18.8. The van der Waals surface area contributed by atoms with E-state index in [1.54, 1.807) is 0 Å². The van der Waals surface area contributed by atoms with Crippen LogP contribution < -0.4 is 0 Å². The largest absolute Gasteiger partial charge is 0.306 e. The Balaban J connectivity index is 1.43. The molecule has 0 saturated carbocycles. The molecule has 29 heavy (non-hydrogen) atoms. The van der Waals surface area contributed by atoms with Gasteiger partial charge in [-0.1, -0.05) is 20.7 Å². The van der Waals surface area contributed by atoms with Gasteiger partial charge in [-0.15, -0.1) is 0 Å². The minimum Gasteiger partial charge on any atom is -0.306 e. The van der Waals surface area contributed by atoms with Gasteiger partial charge in [-0.3, -0.25) is 9.48 Å². The fourth-order valence-electron chi connectivity index (χ4n) is 4.64. The molecule has 0 spiro atoms. The quantitative estimate of drug-likeness (QED) is 0.710. The molecule has 3 aliphatic heterocycles. The Labute approximate surface area is 173 Å². The molecule has 1 saturated heterocycles. The zero-order chi connectivity index (χ0) is 20.1. The summed E-state index contributed by atoms with van der Waals surface area (Å²) in [5.74, 6) is 0.826. The third-order valence-electron chi connectivity index (χ3n) is 6.33. The molecule has 6 heteroatoms. The highest BCUT2D eigenvalue weighted by Gasteiger charge is 2.33. The zero-order valence-electron chi connectivity index (χ0n) is 17.2. The number of amides is 1. The van der Waals surface area contributed by atoms with Crippen molar-refractivity contribution >= 4 is 30.7 Å². The molecule has 1 aromatic carbocycles. The van der Waals surface area contributed by atoms with Crippen molar-refractivity contribution in [3.8, 4) is 0 Å². The second kappa shape index (κ2) is 7.23. The molecule has 4 heterocycles. The molecule has 0 aliphatic carbocycles. The number of likely N-dealkylation sites (tertiary alicyclic amines) is 1. The summed E-state index contributed by atoms with van der Waals surface area (Å²) in [6.45, 7) is 4.46. The average Bonchev–Trinajstić information content (AvgIpc) is 3.08. The van der Waals surface area contributed by atoms with E-state index in [1.165, 1.54) is 24.0 Å². The van der Waals surface area contributed by atoms with Crippen molar-refractivity contribution in [3.63, 3.8) is 0 Å². The lowest BCUT2D eigenvalue weighted by molar-refractivity contribution is -0.123. The number of fused-ring (bicyclic) bond motifs is 2. The third kappa shape index (κ3) is 3.47. The van der Waals surface area contributed by atoms with Gasteiger partial charge >= 0.3 is 0 Å². The molecule has 1 aromatic heterocycles. The number of hydrogen-bond donors (Lipinski definition) is 0. The first-order chi connectivity index (χ1) is 14.0. The summed E-state index contributed by atoms with van der Waals surface area (Å²) in [6.07, 6.45) is 10.7. The summed E-state index contributed by atoms with van der Waals surface area (Å²) in [5.41, 5.74) is 4.76. The molecule has 2 aromatic rings. The molecule has 0 radical (unpaired) electrons. The summed E-state index contributed by atoms with van der Waals surface area (Å²) in [4.78, 5) is 17.4. The number of carbonyl (C=O) groups is 1. The summed E-state index contributed by atoms with van der Waals surface area (Å²) in [5, 5.41) is 6.71. The number of aromatic nitrogens is 2. The van der Waals surface area contributed by atoms with Gasteiger partial charge in [0.05, 0.1) is 11.3 Å². The van der Waals surface area contributed by atoms with Gasteiger partial charge in [0.2, 0.25) is 0 Å². The number of nitrogens with zero attached hydrogens (tertiary/aromatic N) is 4. The summed E-state index contributed by atoms with van der Waals surface area (Å²) >= 11 is 0. The van der Waals surface area contributed by atoms with E-state index in [2.05, 4.69) is 54.4 Å². The van der Waals surface area contributed by atoms with Gasteiger partial charge in [-0.05, 0) is 80.0 Å². The Morgan fingerprint density at radius 3 is 2.72 bits per heavy atom. The minimum atomic E-state index is 0.105. The predicted molar refractivity (Wildman–Crippen MR) is 120 cm³/mol. The van der Waals surface area contributed by atoms with Gasteiger partial charge in [-0.25, -0.2) is 0 Å². The van der Waals surface area contributed by atoms with Crippen LogP contribution in [0.3, 0.4) is 0 Å². The Bertz CT molecular complexity index is 1070. The van der Waals surface area contributed by atoms with Crippen LogP contribution in [0.1, 0.15) is 25.3 Å². The van der Waals surface area contributed by atoms with Crippen molar-refractivity contribution in [3.05, 3.63) is 59.5 Å². The Morgan fingerprint density at radius 1 is 1.14 bits per heavy atom. The van der Waals surface area contributed by atoms with Crippen molar-refractivity contribution in [1.82, 2.24) is 19.6 Å². The second-order valence-electron chi connectivity index (χ2n) is 8.52. The predicted octanol–water partition coefficient (Wildman–Crippen LogP) is 3.95. The van der Waals surface area contributed by atoms with Gasteiger partial charge in [0.15, 0.2) is 0 Å². The molecular weight excluding hydrogens is 379 g/mol. The highest BCUT2D eigenvalue weighted by Crippen LogP contribution is 2.48. The van der Waals surface area contributed by atoms with E-state index in [4.69, 9.17) is 0 Å². The lowest BCUT2D eigenvalue weighted by Gasteiger charge is -2.39. The van der Waals surface area contributed by atoms with Gasteiger partial charge in [0, 0.05) is 30.9 Å². The topological polar surface area (TPSA) is 41.4 Å². The molecule has 2 atom stereocenters. The van der Waals surface area contributed by atoms with Crippen molar-refractivity contribution in [2.75, 3.05) is 20.1 Å². The normalized spacial score (nSPS) is 24.5. The Morgan fingerprint density at radius 2 is 1.93 bits per heavy atom. The van der Waals surface area contributed by atoms with Crippen LogP contribution in [0.5, 0.6) is 0 Å². The summed E-state index contributed by atoms with van der Waals surface area (Å²) < 4.78 is 1.84. The molecule has 2 unspecified atom stereocenters. The standard InChI is InChI=1S/C23H27N4OP/c1-15-10-18(16-6-8-25(2)9-7-16)14-27-22(28)12-21(29-23(15)27)17-4-5-20-19(11-17)13-26(3)24-20/h4-5,10-14,16,23,29H,6-9H2,1-3H3. The third-order valence-corrected chi connectivity index (χ3v) is 8.08. The number of piperidine rings is 1. The van der Waals surface area contributed by atoms with Crippen LogP contribution in [0.2, 0.25) is 0 Å². The molecular formula is C23H27N4OP. The van der Waals surface area contributed by atoms with Crippen LogP contribution in [-0.2, 0) is 11.8 Å². The number of hydrogen-bond acceptors (Lipinski definition) is 3. The number of rotatable bonds is 2. The van der Waals surface area contributed by atoms with Gasteiger partial charge in [-0.2, -0.15) is 5.10 Å². The van der Waals surface area contributed by atoms with E-state index < -0.39 is 0 Å². The van der Waals surface area contributed by atoms with Gasteiger partial charge < -0.3 is 9.80 Å². The van der Waals surface area contributed by atoms with Crippen LogP contribution in [0.15, 0.2) is 53.9 Å². The lowest BCUT2D eigenvalue weighted by Crippen LogP contribution is -2.39. The van der Waals surface area contributed by atoms with Gasteiger partial charge in [0.25, 0.3) is 5.91 Å². The minimum absolute atomic E-state index is 0.105. The van der Waals surface area contributed by atoms with Crippen LogP contribution in [0, 0.1) is 5.92 Å². The number of allylic oxidation sites excluding steroid dienone is 2. The molecule has 1 amide bonds.